The minimum Gasteiger partial charge on any atom is -0.478 e. The van der Waals surface area contributed by atoms with Gasteiger partial charge in [-0.05, 0) is 6.07 Å². The normalized spacial score (nSPS) is 11.5. The van der Waals surface area contributed by atoms with Crippen LogP contribution in [0.15, 0.2) is 27.8 Å². The van der Waals surface area contributed by atoms with E-state index >= 15 is 0 Å². The quantitative estimate of drug-likeness (QED) is 0.814. The number of carbonyl (C=O) groups is 1. The lowest BCUT2D eigenvalue weighted by molar-refractivity contribution is -0.141. The molecule has 1 heterocycles. The average molecular weight is 336 g/mol. The zero-order valence-corrected chi connectivity index (χ0v) is 10.7. The number of carboxylic acid groups (broad SMARTS) is 1. The molecule has 23 heavy (non-hydrogen) atoms. The lowest BCUT2D eigenvalue weighted by atomic mass is 10.1. The molecule has 0 spiro atoms. The Morgan fingerprint density at radius 1 is 1.09 bits per heavy atom. The summed E-state index contributed by atoms with van der Waals surface area (Å²) in [4.78, 5) is 35.4. The molecule has 0 aliphatic rings. The summed E-state index contributed by atoms with van der Waals surface area (Å²) in [6, 6.07) is 0.421. The summed E-state index contributed by atoms with van der Waals surface area (Å²) in [5.74, 6) is -4.80. The fourth-order valence-electron chi connectivity index (χ4n) is 1.75. The van der Waals surface area contributed by atoms with Gasteiger partial charge in [-0.1, -0.05) is 0 Å². The third kappa shape index (κ3) is 2.98. The number of hydrogen-bond acceptors (Lipinski definition) is 3. The van der Waals surface area contributed by atoms with E-state index in [4.69, 9.17) is 5.11 Å². The van der Waals surface area contributed by atoms with Gasteiger partial charge in [0.1, 0.15) is 17.3 Å². The second-order valence-corrected chi connectivity index (χ2v) is 4.25. The van der Waals surface area contributed by atoms with E-state index in [1.165, 1.54) is 4.98 Å². The van der Waals surface area contributed by atoms with Crippen LogP contribution >= 0.6 is 0 Å². The smallest absolute Gasteiger partial charge is 0.431 e. The number of benzene rings is 1. The highest BCUT2D eigenvalue weighted by molar-refractivity contribution is 5.88. The SMILES string of the molecule is O=C(O)c1cc(-n2c(=O)cc(C(F)(F)F)[nH]c2=O)c(F)cc1F. The number of carboxylic acids is 1. The second-order valence-electron chi connectivity index (χ2n) is 4.25. The van der Waals surface area contributed by atoms with Crippen molar-refractivity contribution in [3.8, 4) is 5.69 Å². The first-order valence-electron chi connectivity index (χ1n) is 5.68. The molecule has 11 heteroatoms. The molecule has 2 aromatic rings. The summed E-state index contributed by atoms with van der Waals surface area (Å²) in [6.07, 6.45) is -5.02. The van der Waals surface area contributed by atoms with Gasteiger partial charge in [0.05, 0.1) is 11.3 Å². The van der Waals surface area contributed by atoms with Crippen molar-refractivity contribution in [3.05, 3.63) is 61.9 Å². The predicted molar refractivity (Wildman–Crippen MR) is 64.5 cm³/mol. The number of nitrogens with zero attached hydrogens (tertiary/aromatic N) is 1. The van der Waals surface area contributed by atoms with E-state index < -0.39 is 52.0 Å². The van der Waals surface area contributed by atoms with E-state index in [9.17, 15) is 36.3 Å². The number of aromatic amines is 1. The third-order valence-corrected chi connectivity index (χ3v) is 2.75. The highest BCUT2D eigenvalue weighted by atomic mass is 19.4. The number of halogens is 5. The molecule has 2 rings (SSSR count). The number of nitrogens with one attached hydrogen (secondary N) is 1. The zero-order valence-electron chi connectivity index (χ0n) is 10.7. The Kier molecular flexibility index (Phi) is 3.80. The van der Waals surface area contributed by atoms with Crippen molar-refractivity contribution in [1.29, 1.82) is 0 Å². The van der Waals surface area contributed by atoms with E-state index in [-0.39, 0.29) is 16.7 Å². The number of H-pyrrole nitrogens is 1. The highest BCUT2D eigenvalue weighted by Crippen LogP contribution is 2.25. The Morgan fingerprint density at radius 3 is 2.17 bits per heavy atom. The van der Waals surface area contributed by atoms with Crippen LogP contribution in [0.5, 0.6) is 0 Å². The molecule has 0 unspecified atom stereocenters. The van der Waals surface area contributed by atoms with Crippen molar-refractivity contribution in [3.63, 3.8) is 0 Å². The summed E-state index contributed by atoms with van der Waals surface area (Å²) in [7, 11) is 0. The van der Waals surface area contributed by atoms with Crippen molar-refractivity contribution in [1.82, 2.24) is 9.55 Å². The van der Waals surface area contributed by atoms with Gasteiger partial charge in [0.25, 0.3) is 5.56 Å². The maximum atomic E-state index is 13.7. The molecule has 0 aliphatic heterocycles. The maximum absolute atomic E-state index is 13.7. The number of hydrogen-bond donors (Lipinski definition) is 2. The van der Waals surface area contributed by atoms with Crippen LogP contribution in [0.2, 0.25) is 0 Å². The minimum absolute atomic E-state index is 0.00929. The molecule has 0 atom stereocenters. The molecule has 0 bridgehead atoms. The summed E-state index contributed by atoms with van der Waals surface area (Å²) < 4.78 is 64.3. The maximum Gasteiger partial charge on any atom is 0.431 e. The molecular weight excluding hydrogens is 331 g/mol. The molecule has 0 aliphatic carbocycles. The van der Waals surface area contributed by atoms with E-state index in [2.05, 4.69) is 0 Å². The first-order valence-corrected chi connectivity index (χ1v) is 5.68. The summed E-state index contributed by atoms with van der Waals surface area (Å²) in [5, 5.41) is 8.73. The van der Waals surface area contributed by atoms with Gasteiger partial charge >= 0.3 is 17.8 Å². The van der Waals surface area contributed by atoms with Gasteiger partial charge in [0, 0.05) is 12.1 Å². The van der Waals surface area contributed by atoms with Gasteiger partial charge in [-0.2, -0.15) is 13.2 Å². The summed E-state index contributed by atoms with van der Waals surface area (Å²) >= 11 is 0. The van der Waals surface area contributed by atoms with Crippen LogP contribution in [0.25, 0.3) is 5.69 Å². The highest BCUT2D eigenvalue weighted by Gasteiger charge is 2.33. The lowest BCUT2D eigenvalue weighted by Gasteiger charge is -2.10. The number of aromatic carboxylic acids is 1. The molecule has 122 valence electrons. The van der Waals surface area contributed by atoms with Crippen molar-refractivity contribution in [2.75, 3.05) is 0 Å². The van der Waals surface area contributed by atoms with Crippen molar-refractivity contribution in [2.45, 2.75) is 6.18 Å². The van der Waals surface area contributed by atoms with E-state index in [0.717, 1.165) is 0 Å². The fraction of sp³-hybridized carbons (Fsp3) is 0.0833. The van der Waals surface area contributed by atoms with Crippen LogP contribution in [0.3, 0.4) is 0 Å². The van der Waals surface area contributed by atoms with Gasteiger partial charge in [0.2, 0.25) is 0 Å². The fourth-order valence-corrected chi connectivity index (χ4v) is 1.75. The monoisotopic (exact) mass is 336 g/mol. The van der Waals surface area contributed by atoms with Gasteiger partial charge in [-0.3, -0.25) is 4.79 Å². The molecular formula is C12H5F5N2O4. The molecule has 1 aromatic heterocycles. The van der Waals surface area contributed by atoms with Crippen molar-refractivity contribution in [2.24, 2.45) is 0 Å². The number of rotatable bonds is 2. The van der Waals surface area contributed by atoms with Gasteiger partial charge in [-0.25, -0.2) is 22.9 Å². The first-order chi connectivity index (χ1) is 10.5. The van der Waals surface area contributed by atoms with Gasteiger partial charge < -0.3 is 10.1 Å². The Bertz CT molecular complexity index is 882. The second kappa shape index (κ2) is 5.34. The summed E-state index contributed by atoms with van der Waals surface area (Å²) in [5.41, 5.74) is -6.95. The van der Waals surface area contributed by atoms with Gasteiger partial charge in [-0.15, -0.1) is 0 Å². The number of alkyl halides is 3. The van der Waals surface area contributed by atoms with Crippen LogP contribution in [0, 0.1) is 11.6 Å². The lowest BCUT2D eigenvalue weighted by Crippen LogP contribution is -2.36. The van der Waals surface area contributed by atoms with E-state index in [1.807, 2.05) is 0 Å². The molecule has 0 radical (unpaired) electrons. The standard InChI is InChI=1S/C12H5F5N2O4/c13-5-2-6(14)7(1-4(5)10(21)22)19-9(20)3-8(12(15,16)17)18-11(19)23/h1-3H,(H,18,23)(H,21,22). The third-order valence-electron chi connectivity index (χ3n) is 2.75. The Morgan fingerprint density at radius 2 is 1.70 bits per heavy atom. The minimum atomic E-state index is -5.02. The van der Waals surface area contributed by atoms with Gasteiger partial charge in [0.15, 0.2) is 0 Å². The molecule has 1 aromatic carbocycles. The average Bonchev–Trinajstić information content (AvgIpc) is 2.38. The Balaban J connectivity index is 2.79. The van der Waals surface area contributed by atoms with Crippen LogP contribution in [-0.4, -0.2) is 20.6 Å². The molecule has 0 saturated heterocycles. The number of aromatic nitrogens is 2. The summed E-state index contributed by atoms with van der Waals surface area (Å²) in [6.45, 7) is 0. The first kappa shape index (κ1) is 16.4. The van der Waals surface area contributed by atoms with Crippen LogP contribution < -0.4 is 11.2 Å². The Hall–Kier alpha value is -2.98. The van der Waals surface area contributed by atoms with Crippen LogP contribution in [0.1, 0.15) is 16.1 Å². The van der Waals surface area contributed by atoms with Crippen molar-refractivity contribution >= 4 is 5.97 Å². The topological polar surface area (TPSA) is 92.2 Å². The molecule has 0 saturated carbocycles. The molecule has 6 nitrogen and oxygen atoms in total. The molecule has 0 amide bonds. The zero-order chi connectivity index (χ0) is 17.5. The van der Waals surface area contributed by atoms with E-state index in [1.54, 1.807) is 0 Å². The van der Waals surface area contributed by atoms with Crippen molar-refractivity contribution < 1.29 is 31.9 Å². The molecule has 0 fully saturated rings. The van der Waals surface area contributed by atoms with Crippen LogP contribution in [-0.2, 0) is 6.18 Å². The van der Waals surface area contributed by atoms with E-state index in [0.29, 0.717) is 6.07 Å². The Labute approximate surface area is 122 Å². The molecule has 2 N–H and O–H groups in total. The van der Waals surface area contributed by atoms with Crippen LogP contribution in [0.4, 0.5) is 22.0 Å². The predicted octanol–water partition coefficient (Wildman–Crippen LogP) is 1.52. The largest absolute Gasteiger partial charge is 0.478 e.